The number of hydrogen-bond donors (Lipinski definition) is 0. The minimum Gasteiger partial charge on any atom is -0.478 e. The lowest BCUT2D eigenvalue weighted by molar-refractivity contribution is -0.138. The number of nitrogens with zero attached hydrogens (tertiary/aromatic N) is 3. The number of carbonyl (C=O) groups excluding carboxylic acids is 2. The Morgan fingerprint density at radius 1 is 1.07 bits per heavy atom. The molecule has 0 bridgehead atoms. The summed E-state index contributed by atoms with van der Waals surface area (Å²) < 4.78 is 5.83. The van der Waals surface area contributed by atoms with E-state index in [1.807, 2.05) is 29.2 Å². The van der Waals surface area contributed by atoms with Gasteiger partial charge in [0.05, 0.1) is 12.1 Å². The molecule has 0 aromatic heterocycles. The second-order valence-electron chi connectivity index (χ2n) is 7.38. The molecule has 0 spiro atoms. The van der Waals surface area contributed by atoms with Gasteiger partial charge in [0.15, 0.2) is 6.10 Å². The molecule has 146 valence electrons. The first kappa shape index (κ1) is 18.3. The summed E-state index contributed by atoms with van der Waals surface area (Å²) in [6.45, 7) is 4.97. The van der Waals surface area contributed by atoms with Gasteiger partial charge in [-0.3, -0.25) is 9.59 Å². The zero-order valence-electron chi connectivity index (χ0n) is 16.3. The van der Waals surface area contributed by atoms with E-state index in [2.05, 4.69) is 36.1 Å². The van der Waals surface area contributed by atoms with Crippen molar-refractivity contribution in [1.29, 1.82) is 0 Å². The van der Waals surface area contributed by atoms with Gasteiger partial charge in [-0.1, -0.05) is 24.3 Å². The zero-order valence-corrected chi connectivity index (χ0v) is 16.3. The fourth-order valence-electron chi connectivity index (χ4n) is 3.83. The van der Waals surface area contributed by atoms with Gasteiger partial charge in [0.25, 0.3) is 5.91 Å². The first-order chi connectivity index (χ1) is 13.5. The van der Waals surface area contributed by atoms with Crippen LogP contribution >= 0.6 is 0 Å². The van der Waals surface area contributed by atoms with Crippen LogP contribution in [0.25, 0.3) is 0 Å². The van der Waals surface area contributed by atoms with Gasteiger partial charge in [0.1, 0.15) is 5.75 Å². The molecule has 0 saturated carbocycles. The van der Waals surface area contributed by atoms with Gasteiger partial charge in [-0.25, -0.2) is 0 Å². The van der Waals surface area contributed by atoms with Crippen molar-refractivity contribution in [2.45, 2.75) is 19.4 Å². The number of aryl methyl sites for hydroxylation is 1. The Hall–Kier alpha value is -3.02. The summed E-state index contributed by atoms with van der Waals surface area (Å²) in [6, 6.07) is 15.8. The zero-order chi connectivity index (χ0) is 19.7. The van der Waals surface area contributed by atoms with Gasteiger partial charge in [-0.15, -0.1) is 0 Å². The number of anilines is 2. The lowest BCUT2D eigenvalue weighted by Gasteiger charge is -2.37. The molecule has 2 aliphatic heterocycles. The molecule has 2 aromatic rings. The molecule has 2 amide bonds. The lowest BCUT2D eigenvalue weighted by Crippen LogP contribution is -2.51. The fraction of sp³-hybridized carbons (Fsp3) is 0.364. The van der Waals surface area contributed by atoms with Gasteiger partial charge in [0.2, 0.25) is 5.91 Å². The monoisotopic (exact) mass is 379 g/mol. The number of piperazine rings is 1. The highest BCUT2D eigenvalue weighted by Crippen LogP contribution is 2.33. The molecule has 6 nitrogen and oxygen atoms in total. The molecule has 28 heavy (non-hydrogen) atoms. The average Bonchev–Trinajstić information content (AvgIpc) is 2.72. The van der Waals surface area contributed by atoms with E-state index < -0.39 is 6.10 Å². The third kappa shape index (κ3) is 3.54. The summed E-state index contributed by atoms with van der Waals surface area (Å²) in [5.41, 5.74) is 3.16. The molecule has 2 heterocycles. The van der Waals surface area contributed by atoms with Crippen LogP contribution in [0.3, 0.4) is 0 Å². The molecular weight excluding hydrogens is 354 g/mol. The normalized spacial score (nSPS) is 19.3. The summed E-state index contributed by atoms with van der Waals surface area (Å²) in [5, 5.41) is 0. The smallest absolute Gasteiger partial charge is 0.268 e. The first-order valence-corrected chi connectivity index (χ1v) is 9.65. The van der Waals surface area contributed by atoms with Crippen LogP contribution in [0.1, 0.15) is 12.0 Å². The second kappa shape index (κ2) is 7.54. The summed E-state index contributed by atoms with van der Waals surface area (Å²) in [7, 11) is 1.72. The quantitative estimate of drug-likeness (QED) is 0.822. The highest BCUT2D eigenvalue weighted by atomic mass is 16.5. The number of fused-ring (bicyclic) bond motifs is 1. The van der Waals surface area contributed by atoms with Gasteiger partial charge >= 0.3 is 0 Å². The van der Waals surface area contributed by atoms with E-state index in [9.17, 15) is 9.59 Å². The van der Waals surface area contributed by atoms with Gasteiger partial charge < -0.3 is 19.4 Å². The predicted molar refractivity (Wildman–Crippen MR) is 109 cm³/mol. The average molecular weight is 379 g/mol. The largest absolute Gasteiger partial charge is 0.478 e. The summed E-state index contributed by atoms with van der Waals surface area (Å²) in [4.78, 5) is 31.1. The maximum atomic E-state index is 12.8. The van der Waals surface area contributed by atoms with Gasteiger partial charge in [0, 0.05) is 38.9 Å². The fourth-order valence-corrected chi connectivity index (χ4v) is 3.83. The molecular formula is C22H25N3O3. The number of hydrogen-bond acceptors (Lipinski definition) is 4. The van der Waals surface area contributed by atoms with Crippen LogP contribution in [0.2, 0.25) is 0 Å². The maximum Gasteiger partial charge on any atom is 0.268 e. The Balaban J connectivity index is 1.37. The van der Waals surface area contributed by atoms with Crippen LogP contribution in [0.5, 0.6) is 5.75 Å². The van der Waals surface area contributed by atoms with Crippen molar-refractivity contribution in [2.75, 3.05) is 43.0 Å². The van der Waals surface area contributed by atoms with E-state index in [0.29, 0.717) is 18.8 Å². The van der Waals surface area contributed by atoms with Gasteiger partial charge in [-0.05, 0) is 36.8 Å². The molecule has 6 heteroatoms. The van der Waals surface area contributed by atoms with Crippen molar-refractivity contribution in [3.63, 3.8) is 0 Å². The molecule has 0 N–H and O–H groups in total. The van der Waals surface area contributed by atoms with Crippen LogP contribution in [0.4, 0.5) is 11.4 Å². The summed E-state index contributed by atoms with van der Waals surface area (Å²) >= 11 is 0. The van der Waals surface area contributed by atoms with Crippen LogP contribution in [0, 0.1) is 6.92 Å². The Labute approximate surface area is 165 Å². The van der Waals surface area contributed by atoms with Crippen molar-refractivity contribution in [2.24, 2.45) is 0 Å². The molecule has 1 unspecified atom stereocenters. The third-order valence-electron chi connectivity index (χ3n) is 5.46. The van der Waals surface area contributed by atoms with Crippen molar-refractivity contribution < 1.29 is 14.3 Å². The molecule has 1 saturated heterocycles. The van der Waals surface area contributed by atoms with E-state index in [1.54, 1.807) is 11.9 Å². The molecule has 1 atom stereocenters. The highest BCUT2D eigenvalue weighted by Gasteiger charge is 2.35. The van der Waals surface area contributed by atoms with E-state index in [4.69, 9.17) is 4.74 Å². The molecule has 2 aromatic carbocycles. The first-order valence-electron chi connectivity index (χ1n) is 9.65. The predicted octanol–water partition coefficient (Wildman–Crippen LogP) is 2.46. The number of amides is 2. The number of likely N-dealkylation sites (N-methyl/N-ethyl adjacent to an activating group) is 1. The Bertz CT molecular complexity index is 890. The summed E-state index contributed by atoms with van der Waals surface area (Å²) in [5.74, 6) is 0.437. The standard InChI is InChI=1S/C22H25N3O3/c1-16-6-5-7-17(14-16)24-10-12-25(13-11-24)21(26)15-20-22(27)23(2)18-8-3-4-9-19(18)28-20/h3-9,14,20H,10-13,15H2,1-2H3. The maximum absolute atomic E-state index is 12.8. The minimum atomic E-state index is -0.762. The molecule has 2 aliphatic rings. The Morgan fingerprint density at radius 2 is 1.82 bits per heavy atom. The van der Waals surface area contributed by atoms with Crippen molar-refractivity contribution in [3.05, 3.63) is 54.1 Å². The second-order valence-corrected chi connectivity index (χ2v) is 7.38. The Kier molecular flexibility index (Phi) is 4.94. The number of benzene rings is 2. The summed E-state index contributed by atoms with van der Waals surface area (Å²) in [6.07, 6.45) is -0.690. The molecule has 0 aliphatic carbocycles. The van der Waals surface area contributed by atoms with E-state index >= 15 is 0 Å². The van der Waals surface area contributed by atoms with Crippen molar-refractivity contribution in [3.8, 4) is 5.75 Å². The minimum absolute atomic E-state index is 0.0324. The lowest BCUT2D eigenvalue weighted by atomic mass is 10.1. The molecule has 1 fully saturated rings. The number of carbonyl (C=O) groups is 2. The van der Waals surface area contributed by atoms with E-state index in [-0.39, 0.29) is 18.2 Å². The van der Waals surface area contributed by atoms with Gasteiger partial charge in [-0.2, -0.15) is 0 Å². The topological polar surface area (TPSA) is 53.1 Å². The third-order valence-corrected chi connectivity index (χ3v) is 5.46. The SMILES string of the molecule is Cc1cccc(N2CCN(C(=O)CC3Oc4ccccc4N(C)C3=O)CC2)c1. The van der Waals surface area contributed by atoms with Crippen molar-refractivity contribution in [1.82, 2.24) is 4.90 Å². The molecule has 4 rings (SSSR count). The van der Waals surface area contributed by atoms with Crippen LogP contribution in [0.15, 0.2) is 48.5 Å². The molecule has 0 radical (unpaired) electrons. The van der Waals surface area contributed by atoms with Crippen molar-refractivity contribution >= 4 is 23.2 Å². The number of para-hydroxylation sites is 2. The van der Waals surface area contributed by atoms with E-state index in [1.165, 1.54) is 11.3 Å². The van der Waals surface area contributed by atoms with Crippen LogP contribution in [-0.4, -0.2) is 56.0 Å². The number of ether oxygens (including phenoxy) is 1. The Morgan fingerprint density at radius 3 is 2.57 bits per heavy atom. The van der Waals surface area contributed by atoms with Crippen LogP contribution in [-0.2, 0) is 9.59 Å². The van der Waals surface area contributed by atoms with E-state index in [0.717, 1.165) is 18.8 Å². The number of rotatable bonds is 3. The highest BCUT2D eigenvalue weighted by molar-refractivity contribution is 6.01. The van der Waals surface area contributed by atoms with Crippen LogP contribution < -0.4 is 14.5 Å².